The standard InChI is InChI=1S/C15H12Cl2N2O/c16-11-6-12(17)8-13(7-11)19-15(20)10-1-2-14-9(5-10)3-4-18-14/h1-2,5-8,18H,3-4H2,(H,19,20). The Bertz CT molecular complexity index is 665. The van der Waals surface area contributed by atoms with Crippen molar-refractivity contribution in [2.24, 2.45) is 0 Å². The lowest BCUT2D eigenvalue weighted by atomic mass is 10.1. The second-order valence-electron chi connectivity index (χ2n) is 4.66. The molecule has 0 saturated heterocycles. The maximum atomic E-state index is 12.2. The summed E-state index contributed by atoms with van der Waals surface area (Å²) in [5, 5.41) is 7.05. The van der Waals surface area contributed by atoms with Gasteiger partial charge in [0.2, 0.25) is 0 Å². The van der Waals surface area contributed by atoms with Crippen LogP contribution in [0.4, 0.5) is 11.4 Å². The number of benzene rings is 2. The second kappa shape index (κ2) is 5.35. The number of amides is 1. The molecule has 0 unspecified atom stereocenters. The van der Waals surface area contributed by atoms with Gasteiger partial charge in [-0.15, -0.1) is 0 Å². The first kappa shape index (κ1) is 13.3. The van der Waals surface area contributed by atoms with Gasteiger partial charge in [-0.25, -0.2) is 0 Å². The van der Waals surface area contributed by atoms with Crippen molar-refractivity contribution in [1.29, 1.82) is 0 Å². The summed E-state index contributed by atoms with van der Waals surface area (Å²) in [5.74, 6) is -0.168. The van der Waals surface area contributed by atoms with Gasteiger partial charge in [0, 0.05) is 33.5 Å². The average Bonchev–Trinajstić information content (AvgIpc) is 2.84. The third kappa shape index (κ3) is 2.74. The first-order valence-electron chi connectivity index (χ1n) is 6.26. The summed E-state index contributed by atoms with van der Waals surface area (Å²) in [5.41, 5.74) is 3.49. The quantitative estimate of drug-likeness (QED) is 0.872. The topological polar surface area (TPSA) is 41.1 Å². The third-order valence-corrected chi connectivity index (χ3v) is 3.63. The largest absolute Gasteiger partial charge is 0.384 e. The van der Waals surface area contributed by atoms with E-state index in [1.165, 1.54) is 5.56 Å². The van der Waals surface area contributed by atoms with Crippen molar-refractivity contribution in [2.45, 2.75) is 6.42 Å². The molecule has 0 aromatic heterocycles. The minimum Gasteiger partial charge on any atom is -0.384 e. The number of anilines is 2. The Morgan fingerprint density at radius 1 is 1.10 bits per heavy atom. The molecule has 3 nitrogen and oxygen atoms in total. The molecule has 0 aliphatic carbocycles. The van der Waals surface area contributed by atoms with Crippen LogP contribution in [0.15, 0.2) is 36.4 Å². The van der Waals surface area contributed by atoms with Crippen molar-refractivity contribution in [3.8, 4) is 0 Å². The molecule has 0 spiro atoms. The molecule has 0 radical (unpaired) electrons. The Kier molecular flexibility index (Phi) is 3.55. The minimum absolute atomic E-state index is 0.168. The molecule has 2 aromatic carbocycles. The molecular weight excluding hydrogens is 295 g/mol. The predicted molar refractivity (Wildman–Crippen MR) is 83.1 cm³/mol. The first-order chi connectivity index (χ1) is 9.61. The van der Waals surface area contributed by atoms with E-state index in [0.29, 0.717) is 21.3 Å². The van der Waals surface area contributed by atoms with E-state index in [1.54, 1.807) is 24.3 Å². The summed E-state index contributed by atoms with van der Waals surface area (Å²) >= 11 is 11.8. The smallest absolute Gasteiger partial charge is 0.255 e. The van der Waals surface area contributed by atoms with Crippen LogP contribution in [-0.4, -0.2) is 12.5 Å². The molecule has 2 aromatic rings. The zero-order valence-corrected chi connectivity index (χ0v) is 12.1. The van der Waals surface area contributed by atoms with E-state index in [4.69, 9.17) is 23.2 Å². The van der Waals surface area contributed by atoms with Crippen LogP contribution in [0, 0.1) is 0 Å². The van der Waals surface area contributed by atoms with Gasteiger partial charge in [0.1, 0.15) is 0 Å². The Hall–Kier alpha value is -1.71. The fraction of sp³-hybridized carbons (Fsp3) is 0.133. The molecular formula is C15H12Cl2N2O. The molecule has 0 fully saturated rings. The van der Waals surface area contributed by atoms with E-state index in [2.05, 4.69) is 10.6 Å². The molecule has 0 bridgehead atoms. The fourth-order valence-electron chi connectivity index (χ4n) is 2.28. The van der Waals surface area contributed by atoms with Crippen LogP contribution >= 0.6 is 23.2 Å². The highest BCUT2D eigenvalue weighted by Gasteiger charge is 2.13. The van der Waals surface area contributed by atoms with Crippen molar-refractivity contribution in [3.63, 3.8) is 0 Å². The van der Waals surface area contributed by atoms with Gasteiger partial charge in [-0.2, -0.15) is 0 Å². The molecule has 1 aliphatic heterocycles. The van der Waals surface area contributed by atoms with Crippen LogP contribution in [0.1, 0.15) is 15.9 Å². The zero-order valence-electron chi connectivity index (χ0n) is 10.5. The number of rotatable bonds is 2. The number of fused-ring (bicyclic) bond motifs is 1. The van der Waals surface area contributed by atoms with E-state index in [1.807, 2.05) is 12.1 Å². The SMILES string of the molecule is O=C(Nc1cc(Cl)cc(Cl)c1)c1ccc2c(c1)CCN2. The highest BCUT2D eigenvalue weighted by atomic mass is 35.5. The van der Waals surface area contributed by atoms with E-state index < -0.39 is 0 Å². The van der Waals surface area contributed by atoms with E-state index in [0.717, 1.165) is 18.7 Å². The van der Waals surface area contributed by atoms with Gasteiger partial charge in [-0.05, 0) is 48.4 Å². The van der Waals surface area contributed by atoms with Crippen LogP contribution in [-0.2, 0) is 6.42 Å². The van der Waals surface area contributed by atoms with Gasteiger partial charge in [0.15, 0.2) is 0 Å². The van der Waals surface area contributed by atoms with Crippen molar-refractivity contribution in [1.82, 2.24) is 0 Å². The fourth-order valence-corrected chi connectivity index (χ4v) is 2.80. The molecule has 5 heteroatoms. The zero-order chi connectivity index (χ0) is 14.1. The van der Waals surface area contributed by atoms with Gasteiger partial charge >= 0.3 is 0 Å². The normalized spacial score (nSPS) is 12.7. The molecule has 3 rings (SSSR count). The molecule has 102 valence electrons. The summed E-state index contributed by atoms with van der Waals surface area (Å²) in [7, 11) is 0. The predicted octanol–water partition coefficient (Wildman–Crippen LogP) is 4.21. The van der Waals surface area contributed by atoms with Crippen LogP contribution < -0.4 is 10.6 Å². The maximum Gasteiger partial charge on any atom is 0.255 e. The lowest BCUT2D eigenvalue weighted by Gasteiger charge is -2.08. The number of carbonyl (C=O) groups is 1. The van der Waals surface area contributed by atoms with Crippen LogP contribution in [0.2, 0.25) is 10.0 Å². The maximum absolute atomic E-state index is 12.2. The van der Waals surface area contributed by atoms with Gasteiger partial charge in [-0.1, -0.05) is 23.2 Å². The van der Waals surface area contributed by atoms with Crippen molar-refractivity contribution in [3.05, 3.63) is 57.6 Å². The summed E-state index contributed by atoms with van der Waals surface area (Å²) in [6.07, 6.45) is 0.944. The Labute approximate surface area is 126 Å². The van der Waals surface area contributed by atoms with Crippen molar-refractivity contribution in [2.75, 3.05) is 17.2 Å². The van der Waals surface area contributed by atoms with Crippen LogP contribution in [0.25, 0.3) is 0 Å². The van der Waals surface area contributed by atoms with Gasteiger partial charge in [0.25, 0.3) is 5.91 Å². The van der Waals surface area contributed by atoms with Crippen molar-refractivity contribution < 1.29 is 4.79 Å². The Morgan fingerprint density at radius 2 is 1.85 bits per heavy atom. The number of hydrogen-bond donors (Lipinski definition) is 2. The lowest BCUT2D eigenvalue weighted by molar-refractivity contribution is 0.102. The van der Waals surface area contributed by atoms with Crippen LogP contribution in [0.3, 0.4) is 0 Å². The number of nitrogens with one attached hydrogen (secondary N) is 2. The van der Waals surface area contributed by atoms with Gasteiger partial charge in [-0.3, -0.25) is 4.79 Å². The lowest BCUT2D eigenvalue weighted by Crippen LogP contribution is -2.12. The van der Waals surface area contributed by atoms with Crippen LogP contribution in [0.5, 0.6) is 0 Å². The monoisotopic (exact) mass is 306 g/mol. The first-order valence-corrected chi connectivity index (χ1v) is 7.02. The molecule has 2 N–H and O–H groups in total. The molecule has 1 heterocycles. The minimum atomic E-state index is -0.168. The molecule has 1 amide bonds. The summed E-state index contributed by atoms with van der Waals surface area (Å²) < 4.78 is 0. The summed E-state index contributed by atoms with van der Waals surface area (Å²) in [6.45, 7) is 0.921. The highest BCUT2D eigenvalue weighted by Crippen LogP contribution is 2.25. The second-order valence-corrected chi connectivity index (χ2v) is 5.53. The van der Waals surface area contributed by atoms with Gasteiger partial charge < -0.3 is 10.6 Å². The number of halogens is 2. The average molecular weight is 307 g/mol. The molecule has 0 saturated carbocycles. The Balaban J connectivity index is 1.82. The number of carbonyl (C=O) groups excluding carboxylic acids is 1. The molecule has 1 aliphatic rings. The van der Waals surface area contributed by atoms with E-state index in [-0.39, 0.29) is 5.91 Å². The molecule has 0 atom stereocenters. The molecule has 20 heavy (non-hydrogen) atoms. The third-order valence-electron chi connectivity index (χ3n) is 3.20. The van der Waals surface area contributed by atoms with Crippen molar-refractivity contribution >= 4 is 40.5 Å². The number of hydrogen-bond acceptors (Lipinski definition) is 2. The summed E-state index contributed by atoms with van der Waals surface area (Å²) in [6, 6.07) is 10.6. The van der Waals surface area contributed by atoms with E-state index in [9.17, 15) is 4.79 Å². The van der Waals surface area contributed by atoms with E-state index >= 15 is 0 Å². The highest BCUT2D eigenvalue weighted by molar-refractivity contribution is 6.35. The summed E-state index contributed by atoms with van der Waals surface area (Å²) in [4.78, 5) is 12.2. The van der Waals surface area contributed by atoms with Gasteiger partial charge in [0.05, 0.1) is 0 Å². The Morgan fingerprint density at radius 3 is 2.60 bits per heavy atom.